The van der Waals surface area contributed by atoms with Gasteiger partial charge in [0.1, 0.15) is 0 Å². The third-order valence-electron chi connectivity index (χ3n) is 5.91. The van der Waals surface area contributed by atoms with Crippen LogP contribution in [-0.4, -0.2) is 87.1 Å². The van der Waals surface area contributed by atoms with Crippen molar-refractivity contribution in [2.75, 3.05) is 32.9 Å². The Hall–Kier alpha value is -3.24. The van der Waals surface area contributed by atoms with Crippen molar-refractivity contribution in [2.24, 2.45) is 5.92 Å². The van der Waals surface area contributed by atoms with Crippen LogP contribution in [0.2, 0.25) is 0 Å². The van der Waals surface area contributed by atoms with Crippen LogP contribution in [0.15, 0.2) is 36.8 Å². The van der Waals surface area contributed by atoms with Gasteiger partial charge in [0.15, 0.2) is 0 Å². The second kappa shape index (κ2) is 15.5. The lowest BCUT2D eigenvalue weighted by Crippen LogP contribution is -2.41. The zero-order valence-corrected chi connectivity index (χ0v) is 21.3. The van der Waals surface area contributed by atoms with Crippen LogP contribution >= 0.6 is 0 Å². The predicted molar refractivity (Wildman–Crippen MR) is 126 cm³/mol. The van der Waals surface area contributed by atoms with Crippen LogP contribution in [-0.2, 0) is 32.2 Å². The van der Waals surface area contributed by atoms with Crippen LogP contribution in [0.5, 0.6) is 0 Å². The first kappa shape index (κ1) is 33.0. The fourth-order valence-corrected chi connectivity index (χ4v) is 4.00. The molecule has 40 heavy (non-hydrogen) atoms. The molecule has 0 aliphatic carbocycles. The number of aliphatic carboxylic acids is 2. The second-order valence-corrected chi connectivity index (χ2v) is 8.97. The lowest BCUT2D eigenvalue weighted by Gasteiger charge is -2.36. The van der Waals surface area contributed by atoms with Crippen molar-refractivity contribution in [2.45, 2.75) is 50.8 Å². The molecule has 4 heterocycles. The van der Waals surface area contributed by atoms with Gasteiger partial charge in [0, 0.05) is 58.0 Å². The molecule has 2 aliphatic heterocycles. The monoisotopic (exact) mass is 584 g/mol. The van der Waals surface area contributed by atoms with Gasteiger partial charge < -0.3 is 19.7 Å². The van der Waals surface area contributed by atoms with Crippen LogP contribution in [0, 0.1) is 5.92 Å². The molecule has 10 nitrogen and oxygen atoms in total. The number of carboxylic acid groups (broad SMARTS) is 2. The highest BCUT2D eigenvalue weighted by Gasteiger charge is 2.39. The van der Waals surface area contributed by atoms with E-state index in [-0.39, 0.29) is 0 Å². The number of pyridine rings is 1. The van der Waals surface area contributed by atoms with Crippen molar-refractivity contribution in [1.82, 2.24) is 19.7 Å². The van der Waals surface area contributed by atoms with Crippen molar-refractivity contribution in [3.8, 4) is 0 Å². The van der Waals surface area contributed by atoms with E-state index in [1.807, 2.05) is 30.7 Å². The first-order valence-electron chi connectivity index (χ1n) is 12.2. The molecule has 1 saturated heterocycles. The van der Waals surface area contributed by atoms with Gasteiger partial charge in [0.2, 0.25) is 0 Å². The number of rotatable bonds is 7. The zero-order chi connectivity index (χ0) is 29.8. The highest BCUT2D eigenvalue weighted by molar-refractivity contribution is 5.73. The first-order valence-corrected chi connectivity index (χ1v) is 12.2. The van der Waals surface area contributed by atoms with E-state index in [9.17, 15) is 26.3 Å². The van der Waals surface area contributed by atoms with Crippen LogP contribution < -0.4 is 0 Å². The molecule has 16 heteroatoms. The Morgan fingerprint density at radius 2 is 1.55 bits per heavy atom. The summed E-state index contributed by atoms with van der Waals surface area (Å²) in [6.45, 7) is 6.47. The number of aromatic nitrogens is 3. The Bertz CT molecular complexity index is 1020. The van der Waals surface area contributed by atoms with Gasteiger partial charge in [-0.25, -0.2) is 9.59 Å². The van der Waals surface area contributed by atoms with Gasteiger partial charge >= 0.3 is 24.3 Å². The molecule has 0 saturated carbocycles. The van der Waals surface area contributed by atoms with E-state index in [1.165, 1.54) is 30.6 Å². The van der Waals surface area contributed by atoms with Crippen LogP contribution in [0.3, 0.4) is 0 Å². The summed E-state index contributed by atoms with van der Waals surface area (Å²) in [5, 5.41) is 18.8. The molecule has 1 fully saturated rings. The molecular formula is C24H30F6N4O6. The standard InChI is InChI=1S/C20H28N4O2.2C2HF3O2/c1-7-21-8-2-18(1)16-26-12-6-20-15-23(13-17-4-10-25-11-5-17)14-19-3-9-22-24(19)20;2*3-2(4,5)1(6)7/h1-3,7-9,17,20H,4-6,10-16H2;2*(H,6,7). The molecule has 224 valence electrons. The normalized spacial score (nSPS) is 18.0. The van der Waals surface area contributed by atoms with Gasteiger partial charge in [-0.1, -0.05) is 0 Å². The third-order valence-corrected chi connectivity index (χ3v) is 5.91. The molecule has 0 radical (unpaired) electrons. The summed E-state index contributed by atoms with van der Waals surface area (Å²) in [5.41, 5.74) is 2.49. The topological polar surface area (TPSA) is 127 Å². The number of ether oxygens (including phenoxy) is 2. The number of alkyl halides is 6. The summed E-state index contributed by atoms with van der Waals surface area (Å²) in [4.78, 5) is 24.4. The van der Waals surface area contributed by atoms with Gasteiger partial charge in [-0.05, 0) is 48.9 Å². The molecule has 4 rings (SSSR count). The van der Waals surface area contributed by atoms with Gasteiger partial charge in [0.05, 0.1) is 18.3 Å². The van der Waals surface area contributed by atoms with Gasteiger partial charge in [-0.2, -0.15) is 31.4 Å². The van der Waals surface area contributed by atoms with Crippen molar-refractivity contribution in [1.29, 1.82) is 0 Å². The highest BCUT2D eigenvalue weighted by atomic mass is 19.4. The van der Waals surface area contributed by atoms with E-state index in [1.54, 1.807) is 0 Å². The smallest absolute Gasteiger partial charge is 0.475 e. The maximum atomic E-state index is 10.6. The van der Waals surface area contributed by atoms with Gasteiger partial charge in [-0.15, -0.1) is 0 Å². The number of carboxylic acids is 2. The summed E-state index contributed by atoms with van der Waals surface area (Å²) >= 11 is 0. The molecular weight excluding hydrogens is 554 g/mol. The van der Waals surface area contributed by atoms with E-state index in [4.69, 9.17) is 29.3 Å². The molecule has 0 spiro atoms. The summed E-state index contributed by atoms with van der Waals surface area (Å²) in [6, 6.07) is 6.55. The lowest BCUT2D eigenvalue weighted by molar-refractivity contribution is -0.193. The average Bonchev–Trinajstić information content (AvgIpc) is 3.36. The molecule has 1 atom stereocenters. The SMILES string of the molecule is O=C(O)C(F)(F)F.O=C(O)C(F)(F)F.c1cc(COCCC2CN(CC3CCOCC3)Cc3ccnn32)ccn1. The molecule has 2 aliphatic rings. The van der Waals surface area contributed by atoms with Gasteiger partial charge in [-0.3, -0.25) is 14.6 Å². The summed E-state index contributed by atoms with van der Waals surface area (Å²) in [5.74, 6) is -4.75. The molecule has 2 aromatic rings. The van der Waals surface area contributed by atoms with Crippen molar-refractivity contribution < 1.29 is 55.6 Å². The lowest BCUT2D eigenvalue weighted by atomic mass is 9.98. The fourth-order valence-electron chi connectivity index (χ4n) is 4.00. The minimum atomic E-state index is -5.08. The van der Waals surface area contributed by atoms with Crippen LogP contribution in [0.25, 0.3) is 0 Å². The zero-order valence-electron chi connectivity index (χ0n) is 21.3. The van der Waals surface area contributed by atoms with Gasteiger partial charge in [0.25, 0.3) is 0 Å². The number of hydrogen-bond donors (Lipinski definition) is 2. The summed E-state index contributed by atoms with van der Waals surface area (Å²) in [7, 11) is 0. The number of hydrogen-bond acceptors (Lipinski definition) is 7. The minimum absolute atomic E-state index is 0.394. The Morgan fingerprint density at radius 3 is 2.10 bits per heavy atom. The van der Waals surface area contributed by atoms with E-state index in [0.29, 0.717) is 12.6 Å². The van der Waals surface area contributed by atoms with E-state index in [0.717, 1.165) is 45.2 Å². The first-order chi connectivity index (χ1) is 18.8. The molecule has 0 bridgehead atoms. The Balaban J connectivity index is 0.000000333. The molecule has 2 N–H and O–H groups in total. The number of carbonyl (C=O) groups is 2. The average molecular weight is 585 g/mol. The summed E-state index contributed by atoms with van der Waals surface area (Å²) < 4.78 is 77.1. The van der Waals surface area contributed by atoms with Crippen molar-refractivity contribution in [3.05, 3.63) is 48.0 Å². The second-order valence-electron chi connectivity index (χ2n) is 8.97. The number of nitrogens with zero attached hydrogens (tertiary/aromatic N) is 4. The Morgan fingerprint density at radius 1 is 0.975 bits per heavy atom. The highest BCUT2D eigenvalue weighted by Crippen LogP contribution is 2.26. The molecule has 0 amide bonds. The quantitative estimate of drug-likeness (QED) is 0.368. The largest absolute Gasteiger partial charge is 0.490 e. The number of fused-ring (bicyclic) bond motifs is 1. The van der Waals surface area contributed by atoms with E-state index < -0.39 is 24.3 Å². The third kappa shape index (κ3) is 11.9. The number of halogens is 6. The van der Waals surface area contributed by atoms with Crippen LogP contribution in [0.4, 0.5) is 26.3 Å². The minimum Gasteiger partial charge on any atom is -0.475 e. The summed E-state index contributed by atoms with van der Waals surface area (Å²) in [6.07, 6.45) is -1.25. The molecule has 1 unspecified atom stereocenters. The van der Waals surface area contributed by atoms with E-state index >= 15 is 0 Å². The van der Waals surface area contributed by atoms with Crippen LogP contribution in [0.1, 0.15) is 36.6 Å². The molecule has 2 aromatic heterocycles. The fraction of sp³-hybridized carbons (Fsp3) is 0.583. The maximum absolute atomic E-state index is 10.6. The maximum Gasteiger partial charge on any atom is 0.490 e. The molecule has 0 aromatic carbocycles. The predicted octanol–water partition coefficient (Wildman–Crippen LogP) is 3.93. The Kier molecular flexibility index (Phi) is 12.8. The van der Waals surface area contributed by atoms with Crippen molar-refractivity contribution in [3.63, 3.8) is 0 Å². The van der Waals surface area contributed by atoms with E-state index in [2.05, 4.69) is 25.7 Å². The van der Waals surface area contributed by atoms with Crippen molar-refractivity contribution >= 4 is 11.9 Å². The Labute approximate surface area is 225 Å².